The van der Waals surface area contributed by atoms with E-state index in [0.717, 1.165) is 9.88 Å². The molecule has 3 heterocycles. The summed E-state index contributed by atoms with van der Waals surface area (Å²) >= 11 is 4.84. The normalized spacial score (nSPS) is 12.5. The number of carbonyl (C=O) groups is 1. The summed E-state index contributed by atoms with van der Waals surface area (Å²) < 4.78 is 0. The summed E-state index contributed by atoms with van der Waals surface area (Å²) in [5, 5.41) is 9.79. The highest BCUT2D eigenvalue weighted by Crippen LogP contribution is 2.28. The van der Waals surface area contributed by atoms with Gasteiger partial charge in [-0.1, -0.05) is 12.1 Å². The molecule has 1 atom stereocenters. The fourth-order valence-electron chi connectivity index (χ4n) is 2.19. The molecule has 3 rings (SSSR count). The predicted molar refractivity (Wildman–Crippen MR) is 98.5 cm³/mol. The Morgan fingerprint density at radius 1 is 1.22 bits per heavy atom. The zero-order valence-electron chi connectivity index (χ0n) is 12.9. The summed E-state index contributed by atoms with van der Waals surface area (Å²) in [5.74, 6) is -0.118. The Morgan fingerprint density at radius 3 is 2.65 bits per heavy atom. The van der Waals surface area contributed by atoms with Gasteiger partial charge in [-0.15, -0.1) is 34.0 Å². The van der Waals surface area contributed by atoms with Gasteiger partial charge in [0.25, 0.3) is 5.91 Å². The van der Waals surface area contributed by atoms with Gasteiger partial charge in [-0.05, 0) is 37.0 Å². The lowest BCUT2D eigenvalue weighted by Gasteiger charge is -2.23. The third kappa shape index (κ3) is 3.87. The van der Waals surface area contributed by atoms with Crippen LogP contribution in [0.4, 0.5) is 0 Å². The average molecular weight is 364 g/mol. The minimum atomic E-state index is -0.118. The number of hydrogen-bond donors (Lipinski definition) is 1. The molecule has 0 aromatic carbocycles. The fourth-order valence-corrected chi connectivity index (χ4v) is 4.73. The first kappa shape index (κ1) is 16.3. The third-order valence-electron chi connectivity index (χ3n) is 3.42. The van der Waals surface area contributed by atoms with Crippen molar-refractivity contribution >= 4 is 39.9 Å². The summed E-state index contributed by atoms with van der Waals surface area (Å²) in [6, 6.07) is 8.31. The highest BCUT2D eigenvalue weighted by Gasteiger charge is 2.18. The van der Waals surface area contributed by atoms with E-state index in [4.69, 9.17) is 0 Å². The Kier molecular flexibility index (Phi) is 5.22. The molecule has 0 aliphatic rings. The van der Waals surface area contributed by atoms with E-state index in [9.17, 15) is 4.79 Å². The van der Waals surface area contributed by atoms with Crippen LogP contribution in [-0.2, 0) is 0 Å². The molecule has 0 radical (unpaired) electrons. The number of carbonyl (C=O) groups excluding carboxylic acids is 1. The summed E-state index contributed by atoms with van der Waals surface area (Å²) in [6.45, 7) is 0.568. The van der Waals surface area contributed by atoms with Crippen molar-refractivity contribution in [3.05, 3.63) is 51.0 Å². The highest BCUT2D eigenvalue weighted by atomic mass is 32.1. The number of amides is 1. The van der Waals surface area contributed by atoms with Crippen LogP contribution in [0.25, 0.3) is 9.88 Å². The highest BCUT2D eigenvalue weighted by molar-refractivity contribution is 7.20. The van der Waals surface area contributed by atoms with E-state index in [1.165, 1.54) is 16.2 Å². The second-order valence-corrected chi connectivity index (χ2v) is 8.01. The molecular formula is C16H17N3OS3. The minimum Gasteiger partial charge on any atom is -0.349 e. The summed E-state index contributed by atoms with van der Waals surface area (Å²) in [6.07, 6.45) is 0. The lowest BCUT2D eigenvalue weighted by atomic mass is 10.2. The van der Waals surface area contributed by atoms with Gasteiger partial charge in [0.1, 0.15) is 10.7 Å². The van der Waals surface area contributed by atoms with Crippen molar-refractivity contribution in [3.63, 3.8) is 0 Å². The van der Waals surface area contributed by atoms with Gasteiger partial charge in [-0.25, -0.2) is 4.98 Å². The van der Waals surface area contributed by atoms with E-state index in [1.807, 2.05) is 43.1 Å². The number of nitrogens with zero attached hydrogens (tertiary/aromatic N) is 2. The summed E-state index contributed by atoms with van der Waals surface area (Å²) in [4.78, 5) is 21.2. The Hall–Kier alpha value is -1.54. The van der Waals surface area contributed by atoms with Gasteiger partial charge >= 0.3 is 0 Å². The summed E-state index contributed by atoms with van der Waals surface area (Å²) in [7, 11) is 4.04. The standard InChI is InChI=1S/C16H17N3OS3/c1-19(2)12(13-5-3-7-21-13)9-17-15(20)11-10-23-16(18-11)14-6-4-8-22-14/h3-8,10,12H,9H2,1-2H3,(H,17,20). The molecule has 23 heavy (non-hydrogen) atoms. The lowest BCUT2D eigenvalue weighted by molar-refractivity contribution is 0.0938. The van der Waals surface area contributed by atoms with Crippen LogP contribution in [0.1, 0.15) is 21.4 Å². The molecule has 3 aromatic heterocycles. The molecule has 0 saturated heterocycles. The zero-order valence-corrected chi connectivity index (χ0v) is 15.3. The van der Waals surface area contributed by atoms with Crippen molar-refractivity contribution in [2.75, 3.05) is 20.6 Å². The quantitative estimate of drug-likeness (QED) is 0.721. The maximum atomic E-state index is 12.3. The van der Waals surface area contributed by atoms with E-state index < -0.39 is 0 Å². The fraction of sp³-hybridized carbons (Fsp3) is 0.250. The first-order valence-electron chi connectivity index (χ1n) is 7.12. The number of hydrogen-bond acceptors (Lipinski definition) is 6. The molecule has 1 amide bonds. The maximum Gasteiger partial charge on any atom is 0.270 e. The summed E-state index contributed by atoms with van der Waals surface area (Å²) in [5.41, 5.74) is 0.488. The van der Waals surface area contributed by atoms with Gasteiger partial charge in [-0.3, -0.25) is 4.79 Å². The number of thiazole rings is 1. The topological polar surface area (TPSA) is 45.2 Å². The van der Waals surface area contributed by atoms with Crippen LogP contribution >= 0.6 is 34.0 Å². The maximum absolute atomic E-state index is 12.3. The molecular weight excluding hydrogens is 346 g/mol. The van der Waals surface area contributed by atoms with Crippen LogP contribution in [0.3, 0.4) is 0 Å². The number of likely N-dealkylation sites (N-methyl/N-ethyl adjacent to an activating group) is 1. The molecule has 0 aliphatic carbocycles. The second-order valence-electron chi connectivity index (χ2n) is 5.22. The molecule has 7 heteroatoms. The van der Waals surface area contributed by atoms with Crippen LogP contribution in [0.2, 0.25) is 0 Å². The second kappa shape index (κ2) is 7.35. The zero-order chi connectivity index (χ0) is 16.2. The molecule has 1 unspecified atom stereocenters. The molecule has 0 aliphatic heterocycles. The number of rotatable bonds is 6. The SMILES string of the molecule is CN(C)C(CNC(=O)c1csc(-c2cccs2)n1)c1cccs1. The molecule has 0 saturated carbocycles. The van der Waals surface area contributed by atoms with Crippen molar-refractivity contribution in [1.82, 2.24) is 15.2 Å². The van der Waals surface area contributed by atoms with Crippen LogP contribution in [0.15, 0.2) is 40.4 Å². The molecule has 0 bridgehead atoms. The van der Waals surface area contributed by atoms with E-state index in [2.05, 4.69) is 26.6 Å². The molecule has 1 N–H and O–H groups in total. The minimum absolute atomic E-state index is 0.118. The molecule has 0 fully saturated rings. The smallest absolute Gasteiger partial charge is 0.270 e. The Labute approximate surface area is 147 Å². The average Bonchev–Trinajstić information content (AvgIpc) is 3.27. The van der Waals surface area contributed by atoms with Crippen LogP contribution in [0.5, 0.6) is 0 Å². The lowest BCUT2D eigenvalue weighted by Crippen LogP contribution is -2.34. The molecule has 120 valence electrons. The number of aromatic nitrogens is 1. The van der Waals surface area contributed by atoms with Crippen molar-refractivity contribution in [1.29, 1.82) is 0 Å². The Morgan fingerprint density at radius 2 is 2.00 bits per heavy atom. The number of nitrogens with one attached hydrogen (secondary N) is 1. The molecule has 4 nitrogen and oxygen atoms in total. The van der Waals surface area contributed by atoms with Crippen LogP contribution < -0.4 is 5.32 Å². The van der Waals surface area contributed by atoms with Gasteiger partial charge in [-0.2, -0.15) is 0 Å². The van der Waals surface area contributed by atoms with E-state index in [-0.39, 0.29) is 11.9 Å². The Balaban J connectivity index is 1.65. The van der Waals surface area contributed by atoms with Crippen molar-refractivity contribution in [2.24, 2.45) is 0 Å². The first-order chi connectivity index (χ1) is 11.1. The Bertz CT molecular complexity index is 747. The van der Waals surface area contributed by atoms with Gasteiger partial charge in [0, 0.05) is 16.8 Å². The van der Waals surface area contributed by atoms with Gasteiger partial charge in [0.2, 0.25) is 0 Å². The van der Waals surface area contributed by atoms with E-state index in [0.29, 0.717) is 12.2 Å². The van der Waals surface area contributed by atoms with Crippen LogP contribution in [-0.4, -0.2) is 36.4 Å². The molecule has 3 aromatic rings. The van der Waals surface area contributed by atoms with Gasteiger partial charge < -0.3 is 10.2 Å². The monoisotopic (exact) mass is 363 g/mol. The van der Waals surface area contributed by atoms with Gasteiger partial charge in [0.05, 0.1) is 10.9 Å². The van der Waals surface area contributed by atoms with E-state index >= 15 is 0 Å². The van der Waals surface area contributed by atoms with Gasteiger partial charge in [0.15, 0.2) is 0 Å². The van der Waals surface area contributed by atoms with Crippen molar-refractivity contribution in [3.8, 4) is 9.88 Å². The first-order valence-corrected chi connectivity index (χ1v) is 9.76. The predicted octanol–water partition coefficient (Wildman–Crippen LogP) is 3.97. The molecule has 0 spiro atoms. The van der Waals surface area contributed by atoms with Crippen molar-refractivity contribution < 1.29 is 4.79 Å². The van der Waals surface area contributed by atoms with Crippen LogP contribution in [0, 0.1) is 0 Å². The largest absolute Gasteiger partial charge is 0.349 e. The van der Waals surface area contributed by atoms with Crippen molar-refractivity contribution in [2.45, 2.75) is 6.04 Å². The van der Waals surface area contributed by atoms with E-state index in [1.54, 1.807) is 22.7 Å². The third-order valence-corrected chi connectivity index (χ3v) is 6.27. The number of thiophene rings is 2.